The molecule has 6 nitrogen and oxygen atoms in total. The second-order valence-corrected chi connectivity index (χ2v) is 7.70. The van der Waals surface area contributed by atoms with E-state index >= 15 is 0 Å². The molecule has 168 valence electrons. The average molecular weight is 450 g/mol. The Balaban J connectivity index is 1.96. The number of carboxylic acid groups (broad SMARTS) is 1. The molecule has 34 heavy (non-hydrogen) atoms. The number of fused-ring (bicyclic) bond motifs is 1. The maximum atomic E-state index is 10.9. The van der Waals surface area contributed by atoms with E-state index in [0.29, 0.717) is 17.7 Å². The molecule has 0 spiro atoms. The van der Waals surface area contributed by atoms with Crippen LogP contribution in [0, 0.1) is 11.3 Å². The van der Waals surface area contributed by atoms with Crippen molar-refractivity contribution in [2.75, 3.05) is 7.11 Å². The lowest BCUT2D eigenvalue weighted by Gasteiger charge is -2.18. The largest absolute Gasteiger partial charge is 0.497 e. The highest BCUT2D eigenvalue weighted by Crippen LogP contribution is 2.37. The molecule has 0 fully saturated rings. The summed E-state index contributed by atoms with van der Waals surface area (Å²) in [5.41, 5.74) is 7.11. The van der Waals surface area contributed by atoms with E-state index in [-0.39, 0.29) is 0 Å². The van der Waals surface area contributed by atoms with Crippen LogP contribution in [-0.4, -0.2) is 28.4 Å². The molecule has 6 heteroatoms. The molecule has 4 rings (SSSR count). The van der Waals surface area contributed by atoms with Crippen LogP contribution in [0.1, 0.15) is 41.2 Å². The van der Waals surface area contributed by atoms with E-state index in [2.05, 4.69) is 29.3 Å². The first-order valence-electron chi connectivity index (χ1n) is 10.8. The molecule has 2 N–H and O–H groups in total. The highest BCUT2D eigenvalue weighted by Gasteiger charge is 2.17. The minimum absolute atomic E-state index is 0.541. The number of nitrogens with zero attached hydrogens (tertiary/aromatic N) is 2. The predicted molar refractivity (Wildman–Crippen MR) is 133 cm³/mol. The fourth-order valence-electron chi connectivity index (χ4n) is 4.05. The molecule has 0 aliphatic heterocycles. The Morgan fingerprint density at radius 2 is 1.88 bits per heavy atom. The van der Waals surface area contributed by atoms with Crippen molar-refractivity contribution in [2.24, 2.45) is 0 Å². The first kappa shape index (κ1) is 22.6. The standard InChI is InChI=1S/C28H23N3O3/c1-3-24(25-11-10-23(34-2)15-21(25)16-29)28(20-9-12-26-22(14-20)17-30-31-26)19-7-4-18(5-8-19)6-13-27(32)33/h4-15,17H,3H2,1-2H3,(H,30,31)(H,32,33). The Morgan fingerprint density at radius 1 is 1.12 bits per heavy atom. The lowest BCUT2D eigenvalue weighted by atomic mass is 9.86. The molecule has 0 saturated carbocycles. The number of carbonyl (C=O) groups is 1. The number of ether oxygens (including phenoxy) is 1. The molecule has 4 aromatic rings. The number of rotatable bonds is 7. The van der Waals surface area contributed by atoms with Gasteiger partial charge in [0.25, 0.3) is 0 Å². The van der Waals surface area contributed by atoms with Gasteiger partial charge in [0.2, 0.25) is 0 Å². The van der Waals surface area contributed by atoms with E-state index in [9.17, 15) is 10.1 Å². The van der Waals surface area contributed by atoms with Crippen LogP contribution in [0.3, 0.4) is 0 Å². The fourth-order valence-corrected chi connectivity index (χ4v) is 4.05. The summed E-state index contributed by atoms with van der Waals surface area (Å²) in [4.78, 5) is 10.9. The van der Waals surface area contributed by atoms with Crippen molar-refractivity contribution in [1.29, 1.82) is 5.26 Å². The summed E-state index contributed by atoms with van der Waals surface area (Å²) in [7, 11) is 1.58. The zero-order chi connectivity index (χ0) is 24.1. The van der Waals surface area contributed by atoms with Crippen LogP contribution in [0.25, 0.3) is 28.1 Å². The highest BCUT2D eigenvalue weighted by molar-refractivity contribution is 6.01. The molecular weight excluding hydrogens is 426 g/mol. The number of nitriles is 1. The molecule has 0 aliphatic carbocycles. The summed E-state index contributed by atoms with van der Waals surface area (Å²) in [6, 6.07) is 21.7. The van der Waals surface area contributed by atoms with Crippen LogP contribution in [0.5, 0.6) is 5.75 Å². The van der Waals surface area contributed by atoms with Gasteiger partial charge in [-0.1, -0.05) is 37.3 Å². The Labute approximate surface area is 197 Å². The second kappa shape index (κ2) is 9.88. The molecule has 0 unspecified atom stereocenters. The van der Waals surface area contributed by atoms with Gasteiger partial charge in [-0.25, -0.2) is 4.79 Å². The maximum Gasteiger partial charge on any atom is 0.328 e. The number of hydrogen-bond donors (Lipinski definition) is 2. The number of benzene rings is 3. The molecular formula is C28H23N3O3. The van der Waals surface area contributed by atoms with Gasteiger partial charge in [-0.3, -0.25) is 5.10 Å². The molecule has 1 aromatic heterocycles. The van der Waals surface area contributed by atoms with Crippen LogP contribution in [0.4, 0.5) is 0 Å². The maximum absolute atomic E-state index is 10.9. The monoisotopic (exact) mass is 449 g/mol. The predicted octanol–water partition coefficient (Wildman–Crippen LogP) is 5.91. The number of hydrogen-bond acceptors (Lipinski definition) is 4. The Bertz CT molecular complexity index is 1450. The number of aromatic amines is 1. The van der Waals surface area contributed by atoms with Crippen LogP contribution in [-0.2, 0) is 4.79 Å². The van der Waals surface area contributed by atoms with Crippen molar-refractivity contribution < 1.29 is 14.6 Å². The van der Waals surface area contributed by atoms with Crippen LogP contribution < -0.4 is 4.74 Å². The van der Waals surface area contributed by atoms with Crippen LogP contribution >= 0.6 is 0 Å². The average Bonchev–Trinajstić information content (AvgIpc) is 3.34. The van der Waals surface area contributed by atoms with Gasteiger partial charge in [0.15, 0.2) is 0 Å². The third-order valence-corrected chi connectivity index (χ3v) is 5.67. The van der Waals surface area contributed by atoms with Crippen LogP contribution in [0.15, 0.2) is 72.9 Å². The van der Waals surface area contributed by atoms with Gasteiger partial charge in [-0.15, -0.1) is 0 Å². The van der Waals surface area contributed by atoms with E-state index in [1.165, 1.54) is 0 Å². The first-order valence-corrected chi connectivity index (χ1v) is 10.8. The minimum atomic E-state index is -0.991. The van der Waals surface area contributed by atoms with Gasteiger partial charge in [-0.2, -0.15) is 10.4 Å². The second-order valence-electron chi connectivity index (χ2n) is 7.70. The van der Waals surface area contributed by atoms with Gasteiger partial charge < -0.3 is 9.84 Å². The van der Waals surface area contributed by atoms with E-state index < -0.39 is 5.97 Å². The first-order chi connectivity index (χ1) is 16.5. The normalized spacial score (nSPS) is 11.9. The van der Waals surface area contributed by atoms with E-state index in [4.69, 9.17) is 9.84 Å². The Hall–Kier alpha value is -4.63. The number of aliphatic carboxylic acids is 1. The van der Waals surface area contributed by atoms with Crippen molar-refractivity contribution >= 4 is 34.1 Å². The van der Waals surface area contributed by atoms with Gasteiger partial charge in [-0.05, 0) is 76.2 Å². The Kier molecular flexibility index (Phi) is 6.56. The highest BCUT2D eigenvalue weighted by atomic mass is 16.5. The topological polar surface area (TPSA) is 99.0 Å². The SMILES string of the molecule is CCC(=C(c1ccc(C=CC(=O)O)cc1)c1ccc2[nH]ncc2c1)c1ccc(OC)cc1C#N. The smallest absolute Gasteiger partial charge is 0.328 e. The number of nitrogens with one attached hydrogen (secondary N) is 1. The molecule has 0 saturated heterocycles. The van der Waals surface area contributed by atoms with Crippen molar-refractivity contribution in [2.45, 2.75) is 13.3 Å². The summed E-state index contributed by atoms with van der Waals surface area (Å²) >= 11 is 0. The van der Waals surface area contributed by atoms with Gasteiger partial charge in [0, 0.05) is 11.5 Å². The molecule has 1 heterocycles. The van der Waals surface area contributed by atoms with Gasteiger partial charge in [0.1, 0.15) is 5.75 Å². The lowest BCUT2D eigenvalue weighted by Crippen LogP contribution is -1.98. The molecule has 0 atom stereocenters. The van der Waals surface area contributed by atoms with E-state index in [1.54, 1.807) is 25.4 Å². The zero-order valence-corrected chi connectivity index (χ0v) is 18.9. The number of aromatic nitrogens is 2. The summed E-state index contributed by atoms with van der Waals surface area (Å²) in [6.07, 6.45) is 5.16. The summed E-state index contributed by atoms with van der Waals surface area (Å²) in [5, 5.41) is 26.9. The zero-order valence-electron chi connectivity index (χ0n) is 18.9. The molecule has 0 radical (unpaired) electrons. The number of methoxy groups -OCH3 is 1. The third-order valence-electron chi connectivity index (χ3n) is 5.67. The number of carboxylic acids is 1. The molecule has 3 aromatic carbocycles. The van der Waals surface area contributed by atoms with Crippen LogP contribution in [0.2, 0.25) is 0 Å². The summed E-state index contributed by atoms with van der Waals surface area (Å²) in [6.45, 7) is 2.07. The van der Waals surface area contributed by atoms with Gasteiger partial charge >= 0.3 is 5.97 Å². The van der Waals surface area contributed by atoms with E-state index in [0.717, 1.165) is 50.4 Å². The van der Waals surface area contributed by atoms with Crippen molar-refractivity contribution in [3.63, 3.8) is 0 Å². The number of H-pyrrole nitrogens is 1. The van der Waals surface area contributed by atoms with Crippen molar-refractivity contribution in [1.82, 2.24) is 10.2 Å². The minimum Gasteiger partial charge on any atom is -0.497 e. The lowest BCUT2D eigenvalue weighted by molar-refractivity contribution is -0.131. The summed E-state index contributed by atoms with van der Waals surface area (Å²) in [5.74, 6) is -0.360. The molecule has 0 amide bonds. The molecule has 0 aliphatic rings. The van der Waals surface area contributed by atoms with Crippen molar-refractivity contribution in [3.8, 4) is 11.8 Å². The number of allylic oxidation sites excluding steroid dienone is 1. The van der Waals surface area contributed by atoms with Crippen molar-refractivity contribution in [3.05, 3.63) is 101 Å². The third kappa shape index (κ3) is 4.59. The summed E-state index contributed by atoms with van der Waals surface area (Å²) < 4.78 is 5.32. The van der Waals surface area contributed by atoms with E-state index in [1.807, 2.05) is 48.5 Å². The quantitative estimate of drug-likeness (QED) is 0.270. The Morgan fingerprint density at radius 3 is 2.56 bits per heavy atom. The van der Waals surface area contributed by atoms with Gasteiger partial charge in [0.05, 0.1) is 30.5 Å². The fraction of sp³-hybridized carbons (Fsp3) is 0.107. The molecule has 0 bridgehead atoms.